The van der Waals surface area contributed by atoms with Crippen LogP contribution >= 0.6 is 23.2 Å². The second-order valence-electron chi connectivity index (χ2n) is 7.74. The molecule has 2 N–H and O–H groups in total. The van der Waals surface area contributed by atoms with Crippen molar-refractivity contribution in [2.75, 3.05) is 5.32 Å². The summed E-state index contributed by atoms with van der Waals surface area (Å²) in [5.74, 6) is -1.09. The highest BCUT2D eigenvalue weighted by molar-refractivity contribution is 7.90. The highest BCUT2D eigenvalue weighted by Crippen LogP contribution is 2.35. The molecule has 0 aliphatic rings. The van der Waals surface area contributed by atoms with Crippen molar-refractivity contribution in [2.24, 2.45) is 0 Å². The molecule has 35 heavy (non-hydrogen) atoms. The molecule has 0 spiro atoms. The van der Waals surface area contributed by atoms with Crippen molar-refractivity contribution in [3.63, 3.8) is 0 Å². The summed E-state index contributed by atoms with van der Waals surface area (Å²) in [6.07, 6.45) is 0. The first-order chi connectivity index (χ1) is 16.6. The van der Waals surface area contributed by atoms with Gasteiger partial charge in [0.1, 0.15) is 0 Å². The zero-order valence-electron chi connectivity index (χ0n) is 18.6. The first-order valence-corrected chi connectivity index (χ1v) is 12.6. The number of pyridine rings is 1. The van der Waals surface area contributed by atoms with Crippen molar-refractivity contribution in [3.8, 4) is 11.3 Å². The molecule has 1 heterocycles. The Morgan fingerprint density at radius 3 is 2.29 bits per heavy atom. The smallest absolute Gasteiger partial charge is 0.264 e. The summed E-state index contributed by atoms with van der Waals surface area (Å²) in [6, 6.07) is 17.8. The van der Waals surface area contributed by atoms with E-state index in [1.165, 1.54) is 24.3 Å². The van der Waals surface area contributed by atoms with E-state index in [1.54, 1.807) is 37.3 Å². The number of nitrogens with zero attached hydrogens (tertiary/aromatic N) is 1. The monoisotopic (exact) mass is 527 g/mol. The van der Waals surface area contributed by atoms with Crippen LogP contribution in [0.5, 0.6) is 0 Å². The number of nitrogens with one attached hydrogen (secondary N) is 2. The summed E-state index contributed by atoms with van der Waals surface area (Å²) < 4.78 is 26.2. The van der Waals surface area contributed by atoms with Gasteiger partial charge in [0.25, 0.3) is 15.9 Å². The van der Waals surface area contributed by atoms with Crippen LogP contribution < -0.4 is 10.0 Å². The van der Waals surface area contributed by atoms with Gasteiger partial charge in [-0.15, -0.1) is 0 Å². The van der Waals surface area contributed by atoms with Crippen molar-refractivity contribution < 1.29 is 18.0 Å². The van der Waals surface area contributed by atoms with E-state index >= 15 is 0 Å². The number of aromatic nitrogens is 1. The van der Waals surface area contributed by atoms with Crippen LogP contribution in [0.2, 0.25) is 10.0 Å². The molecule has 0 saturated heterocycles. The minimum Gasteiger partial charge on any atom is -0.322 e. The molecule has 0 aliphatic carbocycles. The summed E-state index contributed by atoms with van der Waals surface area (Å²) in [6.45, 7) is 2.90. The van der Waals surface area contributed by atoms with E-state index in [-0.39, 0.29) is 4.90 Å². The topological polar surface area (TPSA) is 105 Å². The summed E-state index contributed by atoms with van der Waals surface area (Å²) in [4.78, 5) is 29.2. The number of carbonyl (C=O) groups excluding carboxylic acids is 2. The molecule has 4 aromatic rings. The highest BCUT2D eigenvalue weighted by atomic mass is 35.5. The summed E-state index contributed by atoms with van der Waals surface area (Å²) in [7, 11) is -3.98. The molecular weight excluding hydrogens is 509 g/mol. The standard InChI is InChI=1S/C25H19Cl2N3O4S/c1-14-23(25(32)28-17-8-10-18(11-9-17)35(33,34)30-15(2)31)20-5-3-4-6-22(20)29-24(14)19-12-7-16(26)13-21(19)27/h3-13H,1-2H3,(H,28,32)(H,30,31). The van der Waals surface area contributed by atoms with Crippen molar-refractivity contribution >= 4 is 61.6 Å². The summed E-state index contributed by atoms with van der Waals surface area (Å²) in [5, 5.41) is 4.36. The number of hydrogen-bond acceptors (Lipinski definition) is 5. The predicted octanol–water partition coefficient (Wildman–Crippen LogP) is 5.59. The molecule has 0 atom stereocenters. The molecular formula is C25H19Cl2N3O4S. The predicted molar refractivity (Wildman–Crippen MR) is 137 cm³/mol. The Morgan fingerprint density at radius 2 is 1.63 bits per heavy atom. The maximum Gasteiger partial charge on any atom is 0.264 e. The molecule has 0 radical (unpaired) electrons. The Hall–Kier alpha value is -3.46. The number of hydrogen-bond donors (Lipinski definition) is 2. The number of halogens is 2. The molecule has 7 nitrogen and oxygen atoms in total. The number of benzene rings is 3. The van der Waals surface area contributed by atoms with Gasteiger partial charge in [0.2, 0.25) is 5.91 Å². The lowest BCUT2D eigenvalue weighted by atomic mass is 9.97. The van der Waals surface area contributed by atoms with Gasteiger partial charge in [-0.25, -0.2) is 18.1 Å². The normalized spacial score (nSPS) is 11.3. The Morgan fingerprint density at radius 1 is 0.943 bits per heavy atom. The minimum absolute atomic E-state index is 0.101. The quantitative estimate of drug-likeness (QED) is 0.351. The van der Waals surface area contributed by atoms with Gasteiger partial charge in [0.15, 0.2) is 0 Å². The summed E-state index contributed by atoms with van der Waals surface area (Å²) >= 11 is 12.5. The lowest BCUT2D eigenvalue weighted by Crippen LogP contribution is -2.28. The zero-order valence-corrected chi connectivity index (χ0v) is 20.9. The van der Waals surface area contributed by atoms with Crippen LogP contribution in [-0.2, 0) is 14.8 Å². The number of carbonyl (C=O) groups is 2. The molecule has 0 aliphatic heterocycles. The minimum atomic E-state index is -3.98. The Kier molecular flexibility index (Phi) is 6.80. The van der Waals surface area contributed by atoms with Crippen molar-refractivity contribution in [1.29, 1.82) is 0 Å². The zero-order chi connectivity index (χ0) is 25.3. The molecule has 0 fully saturated rings. The molecule has 1 aromatic heterocycles. The van der Waals surface area contributed by atoms with Crippen molar-refractivity contribution in [1.82, 2.24) is 9.71 Å². The van der Waals surface area contributed by atoms with Gasteiger partial charge in [-0.3, -0.25) is 9.59 Å². The number of rotatable bonds is 5. The van der Waals surface area contributed by atoms with Gasteiger partial charge in [0, 0.05) is 28.6 Å². The largest absolute Gasteiger partial charge is 0.322 e. The number of para-hydroxylation sites is 1. The molecule has 4 rings (SSSR count). The fraction of sp³-hybridized carbons (Fsp3) is 0.0800. The average molecular weight is 528 g/mol. The lowest BCUT2D eigenvalue weighted by molar-refractivity contribution is -0.117. The van der Waals surface area contributed by atoms with E-state index in [4.69, 9.17) is 28.2 Å². The van der Waals surface area contributed by atoms with Gasteiger partial charge < -0.3 is 5.32 Å². The second-order valence-corrected chi connectivity index (χ2v) is 10.3. The highest BCUT2D eigenvalue weighted by Gasteiger charge is 2.21. The van der Waals surface area contributed by atoms with Crippen LogP contribution in [0.15, 0.2) is 71.6 Å². The maximum absolute atomic E-state index is 13.4. The Bertz CT molecular complexity index is 1590. The van der Waals surface area contributed by atoms with Crippen molar-refractivity contribution in [2.45, 2.75) is 18.7 Å². The Labute approximate surface area is 212 Å². The van der Waals surface area contributed by atoms with Gasteiger partial charge >= 0.3 is 0 Å². The van der Waals surface area contributed by atoms with E-state index in [2.05, 4.69) is 5.32 Å². The third kappa shape index (κ3) is 5.14. The van der Waals surface area contributed by atoms with E-state index in [0.717, 1.165) is 6.92 Å². The summed E-state index contributed by atoms with van der Waals surface area (Å²) in [5.41, 5.74) is 3.21. The number of fused-ring (bicyclic) bond motifs is 1. The van der Waals surface area contributed by atoms with Gasteiger partial charge in [-0.1, -0.05) is 41.4 Å². The van der Waals surface area contributed by atoms with E-state index < -0.39 is 21.8 Å². The molecule has 0 bridgehead atoms. The third-order valence-corrected chi connectivity index (χ3v) is 7.25. The number of sulfonamides is 1. The number of amides is 2. The van der Waals surface area contributed by atoms with Gasteiger partial charge in [0.05, 0.1) is 26.7 Å². The number of anilines is 1. The molecule has 2 amide bonds. The van der Waals surface area contributed by atoms with E-state index in [1.807, 2.05) is 16.9 Å². The molecule has 0 unspecified atom stereocenters. The molecule has 0 saturated carbocycles. The SMILES string of the molecule is CC(=O)NS(=O)(=O)c1ccc(NC(=O)c2c(C)c(-c3ccc(Cl)cc3Cl)nc3ccccc23)cc1. The fourth-order valence-electron chi connectivity index (χ4n) is 3.70. The Balaban J connectivity index is 1.75. The van der Waals surface area contributed by atoms with Crippen LogP contribution in [0.3, 0.4) is 0 Å². The molecule has 10 heteroatoms. The van der Waals surface area contributed by atoms with Crippen LogP contribution in [0, 0.1) is 6.92 Å². The van der Waals surface area contributed by atoms with Gasteiger partial charge in [-0.05, 0) is 61.0 Å². The third-order valence-electron chi connectivity index (χ3n) is 5.25. The van der Waals surface area contributed by atoms with Crippen LogP contribution in [0.4, 0.5) is 5.69 Å². The lowest BCUT2D eigenvalue weighted by Gasteiger charge is -2.16. The van der Waals surface area contributed by atoms with Crippen molar-refractivity contribution in [3.05, 3.63) is 87.9 Å². The first-order valence-electron chi connectivity index (χ1n) is 10.4. The first kappa shape index (κ1) is 24.7. The van der Waals surface area contributed by atoms with Gasteiger partial charge in [-0.2, -0.15) is 0 Å². The molecule has 178 valence electrons. The van der Waals surface area contributed by atoms with Crippen LogP contribution in [-0.4, -0.2) is 25.2 Å². The second kappa shape index (κ2) is 9.65. The molecule has 3 aromatic carbocycles. The fourth-order valence-corrected chi connectivity index (χ4v) is 5.19. The average Bonchev–Trinajstić information content (AvgIpc) is 2.78. The van der Waals surface area contributed by atoms with E-state index in [0.29, 0.717) is 49.0 Å². The van der Waals surface area contributed by atoms with Crippen LogP contribution in [0.1, 0.15) is 22.8 Å². The maximum atomic E-state index is 13.4. The van der Waals surface area contributed by atoms with E-state index in [9.17, 15) is 18.0 Å². The van der Waals surface area contributed by atoms with Crippen LogP contribution in [0.25, 0.3) is 22.2 Å².